The van der Waals surface area contributed by atoms with E-state index in [-0.39, 0.29) is 0 Å². The molecule has 0 unspecified atom stereocenters. The van der Waals surface area contributed by atoms with Gasteiger partial charge in [-0.25, -0.2) is 0 Å². The molecule has 2 N–H and O–H groups in total. The van der Waals surface area contributed by atoms with Gasteiger partial charge in [0.1, 0.15) is 0 Å². The maximum atomic E-state index is 5.89. The lowest BCUT2D eigenvalue weighted by Crippen LogP contribution is -1.92. The van der Waals surface area contributed by atoms with Crippen LogP contribution >= 0.6 is 0 Å². The number of hydrogen-bond acceptors (Lipinski definition) is 3. The Bertz CT molecular complexity index is 500. The normalized spacial score (nSPS) is 10.8. The van der Waals surface area contributed by atoms with Gasteiger partial charge in [0, 0.05) is 0 Å². The van der Waals surface area contributed by atoms with Crippen molar-refractivity contribution < 1.29 is 4.52 Å². The van der Waals surface area contributed by atoms with E-state index in [2.05, 4.69) is 43.3 Å². The zero-order valence-electron chi connectivity index (χ0n) is 11.1. The summed E-state index contributed by atoms with van der Waals surface area (Å²) in [5, 5.41) is 4.07. The minimum atomic E-state index is 0.422. The SMILES string of the molecule is CCCCc1noc(N)c1-c1ccc(CC)cc1. The predicted molar refractivity (Wildman–Crippen MR) is 74.3 cm³/mol. The monoisotopic (exact) mass is 244 g/mol. The minimum Gasteiger partial charge on any atom is -0.367 e. The molecule has 0 fully saturated rings. The highest BCUT2D eigenvalue weighted by Gasteiger charge is 2.14. The molecule has 1 heterocycles. The van der Waals surface area contributed by atoms with Crippen molar-refractivity contribution in [2.75, 3.05) is 5.73 Å². The van der Waals surface area contributed by atoms with E-state index in [4.69, 9.17) is 10.3 Å². The fourth-order valence-electron chi connectivity index (χ4n) is 2.07. The number of anilines is 1. The van der Waals surface area contributed by atoms with Crippen molar-refractivity contribution in [1.82, 2.24) is 5.16 Å². The molecule has 0 aliphatic heterocycles. The summed E-state index contributed by atoms with van der Waals surface area (Å²) >= 11 is 0. The van der Waals surface area contributed by atoms with Crippen LogP contribution in [0.3, 0.4) is 0 Å². The van der Waals surface area contributed by atoms with E-state index >= 15 is 0 Å². The number of nitrogens with zero attached hydrogens (tertiary/aromatic N) is 1. The van der Waals surface area contributed by atoms with Gasteiger partial charge in [-0.2, -0.15) is 0 Å². The van der Waals surface area contributed by atoms with Gasteiger partial charge in [-0.3, -0.25) is 0 Å². The lowest BCUT2D eigenvalue weighted by atomic mass is 10.0. The first-order valence-electron chi connectivity index (χ1n) is 6.59. The summed E-state index contributed by atoms with van der Waals surface area (Å²) in [6.45, 7) is 4.31. The van der Waals surface area contributed by atoms with Gasteiger partial charge in [0.2, 0.25) is 5.88 Å². The molecule has 18 heavy (non-hydrogen) atoms. The van der Waals surface area contributed by atoms with Crippen molar-refractivity contribution in [2.24, 2.45) is 0 Å². The molecular weight excluding hydrogens is 224 g/mol. The Balaban J connectivity index is 2.32. The van der Waals surface area contributed by atoms with Crippen molar-refractivity contribution in [2.45, 2.75) is 39.5 Å². The standard InChI is InChI=1S/C15H20N2O/c1-3-5-6-13-14(15(16)18-17-13)12-9-7-11(4-2)8-10-12/h7-10H,3-6,16H2,1-2H3. The molecule has 2 rings (SSSR count). The van der Waals surface area contributed by atoms with Gasteiger partial charge in [0.25, 0.3) is 0 Å². The second kappa shape index (κ2) is 5.71. The number of nitrogens with two attached hydrogens (primary N) is 1. The Morgan fingerprint density at radius 2 is 1.89 bits per heavy atom. The molecule has 0 saturated carbocycles. The summed E-state index contributed by atoms with van der Waals surface area (Å²) < 4.78 is 5.13. The third-order valence-corrected chi connectivity index (χ3v) is 3.21. The van der Waals surface area contributed by atoms with Gasteiger partial charge in [0.05, 0.1) is 11.3 Å². The van der Waals surface area contributed by atoms with E-state index in [1.165, 1.54) is 5.56 Å². The number of rotatable bonds is 5. The van der Waals surface area contributed by atoms with Crippen molar-refractivity contribution >= 4 is 5.88 Å². The average Bonchev–Trinajstić information content (AvgIpc) is 2.77. The number of hydrogen-bond donors (Lipinski definition) is 1. The molecule has 3 nitrogen and oxygen atoms in total. The Morgan fingerprint density at radius 3 is 2.50 bits per heavy atom. The first kappa shape index (κ1) is 12.7. The Labute approximate surface area is 108 Å². The smallest absolute Gasteiger partial charge is 0.230 e. The predicted octanol–water partition coefficient (Wildman–Crippen LogP) is 3.83. The molecule has 0 saturated heterocycles. The molecule has 96 valence electrons. The van der Waals surface area contributed by atoms with Crippen LogP contribution in [0.25, 0.3) is 11.1 Å². The second-order valence-electron chi connectivity index (χ2n) is 4.52. The summed E-state index contributed by atoms with van der Waals surface area (Å²) in [5.41, 5.74) is 10.2. The topological polar surface area (TPSA) is 52.0 Å². The van der Waals surface area contributed by atoms with Crippen molar-refractivity contribution in [3.8, 4) is 11.1 Å². The molecule has 0 atom stereocenters. The third kappa shape index (κ3) is 2.55. The lowest BCUT2D eigenvalue weighted by Gasteiger charge is -2.03. The van der Waals surface area contributed by atoms with Crippen LogP contribution in [0.2, 0.25) is 0 Å². The lowest BCUT2D eigenvalue weighted by molar-refractivity contribution is 0.426. The minimum absolute atomic E-state index is 0.422. The van der Waals surface area contributed by atoms with Crippen LogP contribution in [-0.4, -0.2) is 5.16 Å². The van der Waals surface area contributed by atoms with Crippen LogP contribution in [0.1, 0.15) is 37.9 Å². The Kier molecular flexibility index (Phi) is 4.03. The maximum Gasteiger partial charge on any atom is 0.230 e. The first-order valence-corrected chi connectivity index (χ1v) is 6.59. The molecular formula is C15H20N2O. The highest BCUT2D eigenvalue weighted by atomic mass is 16.5. The molecule has 0 amide bonds. The molecule has 0 spiro atoms. The molecule has 0 aliphatic carbocycles. The maximum absolute atomic E-state index is 5.89. The van der Waals surface area contributed by atoms with Gasteiger partial charge in [0.15, 0.2) is 0 Å². The van der Waals surface area contributed by atoms with E-state index in [0.29, 0.717) is 5.88 Å². The molecule has 0 bridgehead atoms. The van der Waals surface area contributed by atoms with Crippen molar-refractivity contribution in [3.63, 3.8) is 0 Å². The van der Waals surface area contributed by atoms with Gasteiger partial charge < -0.3 is 10.3 Å². The van der Waals surface area contributed by atoms with Gasteiger partial charge in [-0.1, -0.05) is 49.7 Å². The zero-order valence-corrected chi connectivity index (χ0v) is 11.1. The first-order chi connectivity index (χ1) is 8.76. The van der Waals surface area contributed by atoms with E-state index in [9.17, 15) is 0 Å². The number of benzene rings is 1. The van der Waals surface area contributed by atoms with E-state index < -0.39 is 0 Å². The van der Waals surface area contributed by atoms with Crippen LogP contribution in [-0.2, 0) is 12.8 Å². The highest BCUT2D eigenvalue weighted by Crippen LogP contribution is 2.30. The number of nitrogen functional groups attached to an aromatic ring is 1. The second-order valence-corrected chi connectivity index (χ2v) is 4.52. The number of unbranched alkanes of at least 4 members (excludes halogenated alkanes) is 1. The third-order valence-electron chi connectivity index (χ3n) is 3.21. The zero-order chi connectivity index (χ0) is 13.0. The van der Waals surface area contributed by atoms with Crippen molar-refractivity contribution in [3.05, 3.63) is 35.5 Å². The Morgan fingerprint density at radius 1 is 1.17 bits per heavy atom. The highest BCUT2D eigenvalue weighted by molar-refractivity contribution is 5.75. The van der Waals surface area contributed by atoms with Crippen LogP contribution in [0.4, 0.5) is 5.88 Å². The van der Waals surface area contributed by atoms with E-state index in [0.717, 1.165) is 42.5 Å². The Hall–Kier alpha value is -1.77. The summed E-state index contributed by atoms with van der Waals surface area (Å²) in [7, 11) is 0. The number of aromatic nitrogens is 1. The van der Waals surface area contributed by atoms with E-state index in [1.54, 1.807) is 0 Å². The molecule has 0 radical (unpaired) electrons. The van der Waals surface area contributed by atoms with Gasteiger partial charge >= 0.3 is 0 Å². The molecule has 3 heteroatoms. The molecule has 1 aromatic carbocycles. The average molecular weight is 244 g/mol. The summed E-state index contributed by atoms with van der Waals surface area (Å²) in [6, 6.07) is 8.45. The van der Waals surface area contributed by atoms with E-state index in [1.807, 2.05) is 0 Å². The van der Waals surface area contributed by atoms with Crippen molar-refractivity contribution in [1.29, 1.82) is 0 Å². The quantitative estimate of drug-likeness (QED) is 0.869. The largest absolute Gasteiger partial charge is 0.367 e. The molecule has 0 aliphatic rings. The summed E-state index contributed by atoms with van der Waals surface area (Å²) in [5.74, 6) is 0.422. The fourth-order valence-corrected chi connectivity index (χ4v) is 2.07. The van der Waals surface area contributed by atoms with Crippen LogP contribution < -0.4 is 5.73 Å². The van der Waals surface area contributed by atoms with Crippen LogP contribution in [0.15, 0.2) is 28.8 Å². The molecule has 2 aromatic rings. The van der Waals surface area contributed by atoms with Crippen LogP contribution in [0.5, 0.6) is 0 Å². The fraction of sp³-hybridized carbons (Fsp3) is 0.400. The van der Waals surface area contributed by atoms with Gasteiger partial charge in [-0.05, 0) is 30.4 Å². The summed E-state index contributed by atoms with van der Waals surface area (Å²) in [4.78, 5) is 0. The summed E-state index contributed by atoms with van der Waals surface area (Å²) in [6.07, 6.45) is 4.21. The molecule has 1 aromatic heterocycles. The van der Waals surface area contributed by atoms with Gasteiger partial charge in [-0.15, -0.1) is 0 Å². The number of aryl methyl sites for hydroxylation is 2. The van der Waals surface area contributed by atoms with Crippen LogP contribution in [0, 0.1) is 0 Å².